The van der Waals surface area contributed by atoms with E-state index in [-0.39, 0.29) is 0 Å². The van der Waals surface area contributed by atoms with Crippen molar-refractivity contribution in [1.82, 2.24) is 25.1 Å². The van der Waals surface area contributed by atoms with Crippen LogP contribution in [0.25, 0.3) is 4.96 Å². The van der Waals surface area contributed by atoms with Gasteiger partial charge in [-0.05, 0) is 12.8 Å². The Morgan fingerprint density at radius 3 is 3.12 bits per heavy atom. The second kappa shape index (κ2) is 4.08. The molecule has 6 nitrogen and oxygen atoms in total. The van der Waals surface area contributed by atoms with Crippen LogP contribution in [0.15, 0.2) is 0 Å². The molecule has 0 saturated heterocycles. The summed E-state index contributed by atoms with van der Waals surface area (Å²) in [6.45, 7) is 1.27. The molecule has 1 fully saturated rings. The van der Waals surface area contributed by atoms with Crippen molar-refractivity contribution in [2.24, 2.45) is 0 Å². The molecular formula is C9H13N5OS. The van der Waals surface area contributed by atoms with Gasteiger partial charge in [-0.25, -0.2) is 0 Å². The van der Waals surface area contributed by atoms with Gasteiger partial charge in [0.05, 0.1) is 0 Å². The van der Waals surface area contributed by atoms with Crippen molar-refractivity contribution >= 4 is 16.3 Å². The van der Waals surface area contributed by atoms with Crippen LogP contribution in [0.5, 0.6) is 0 Å². The molecule has 0 atom stereocenters. The van der Waals surface area contributed by atoms with E-state index in [0.29, 0.717) is 12.6 Å². The van der Waals surface area contributed by atoms with Crippen molar-refractivity contribution in [2.75, 3.05) is 7.11 Å². The Labute approximate surface area is 96.6 Å². The predicted molar refractivity (Wildman–Crippen MR) is 59.2 cm³/mol. The third-order valence-electron chi connectivity index (χ3n) is 2.49. The number of fused-ring (bicyclic) bond motifs is 1. The average Bonchev–Trinajstić information content (AvgIpc) is 2.91. The summed E-state index contributed by atoms with van der Waals surface area (Å²) < 4.78 is 6.80. The normalized spacial score (nSPS) is 16.1. The Balaban J connectivity index is 1.78. The van der Waals surface area contributed by atoms with E-state index in [2.05, 4.69) is 20.6 Å². The summed E-state index contributed by atoms with van der Waals surface area (Å²) in [4.78, 5) is 0.833. The molecule has 1 aliphatic rings. The maximum Gasteiger partial charge on any atom is 0.234 e. The minimum absolute atomic E-state index is 0.445. The van der Waals surface area contributed by atoms with Gasteiger partial charge in [-0.3, -0.25) is 0 Å². The number of hydrogen-bond donors (Lipinski definition) is 1. The number of hydrogen-bond acceptors (Lipinski definition) is 6. The Kier molecular flexibility index (Phi) is 2.58. The van der Waals surface area contributed by atoms with Crippen molar-refractivity contribution in [3.05, 3.63) is 10.8 Å². The zero-order valence-electron chi connectivity index (χ0n) is 9.01. The summed E-state index contributed by atoms with van der Waals surface area (Å²) in [5.74, 6) is 0.756. The highest BCUT2D eigenvalue weighted by Crippen LogP contribution is 2.20. The first-order chi connectivity index (χ1) is 7.86. The van der Waals surface area contributed by atoms with Gasteiger partial charge in [0.2, 0.25) is 4.96 Å². The fraction of sp³-hybridized carbons (Fsp3) is 0.667. The molecule has 1 N–H and O–H groups in total. The van der Waals surface area contributed by atoms with Gasteiger partial charge >= 0.3 is 0 Å². The summed E-state index contributed by atoms with van der Waals surface area (Å²) in [5, 5.41) is 17.0. The Morgan fingerprint density at radius 2 is 2.38 bits per heavy atom. The van der Waals surface area contributed by atoms with Crippen LogP contribution in [-0.4, -0.2) is 33.0 Å². The van der Waals surface area contributed by atoms with Gasteiger partial charge in [-0.2, -0.15) is 9.61 Å². The molecule has 0 spiro atoms. The number of ether oxygens (including phenoxy) is 1. The summed E-state index contributed by atoms with van der Waals surface area (Å²) in [6.07, 6.45) is 2.58. The van der Waals surface area contributed by atoms with E-state index in [1.165, 1.54) is 12.8 Å². The third-order valence-corrected chi connectivity index (χ3v) is 3.39. The molecular weight excluding hydrogens is 226 g/mol. The summed E-state index contributed by atoms with van der Waals surface area (Å²) in [5.41, 5.74) is 0. The summed E-state index contributed by atoms with van der Waals surface area (Å²) >= 11 is 1.57. The molecule has 16 heavy (non-hydrogen) atoms. The molecule has 1 saturated carbocycles. The first-order valence-electron chi connectivity index (χ1n) is 5.29. The molecule has 2 heterocycles. The Morgan fingerprint density at radius 1 is 1.50 bits per heavy atom. The Hall–Kier alpha value is -1.05. The van der Waals surface area contributed by atoms with E-state index >= 15 is 0 Å². The van der Waals surface area contributed by atoms with Crippen LogP contribution in [0.2, 0.25) is 0 Å². The standard InChI is InChI=1S/C9H13N5OS/c1-15-5-7-11-12-9-14(7)13-8(16-9)4-10-6-2-3-6/h6,10H,2-5H2,1H3. The lowest BCUT2D eigenvalue weighted by Crippen LogP contribution is -2.15. The first kappa shape index (κ1) is 10.1. The number of nitrogens with one attached hydrogen (secondary N) is 1. The zero-order chi connectivity index (χ0) is 11.0. The molecule has 2 aromatic heterocycles. The number of methoxy groups -OCH3 is 1. The molecule has 0 aliphatic heterocycles. The fourth-order valence-corrected chi connectivity index (χ4v) is 2.31. The van der Waals surface area contributed by atoms with Gasteiger partial charge in [0.25, 0.3) is 0 Å². The second-order valence-corrected chi connectivity index (χ2v) is 4.94. The van der Waals surface area contributed by atoms with Gasteiger partial charge in [0.15, 0.2) is 5.82 Å². The minimum Gasteiger partial charge on any atom is -0.377 e. The minimum atomic E-state index is 0.445. The second-order valence-electron chi connectivity index (χ2n) is 3.89. The highest BCUT2D eigenvalue weighted by atomic mass is 32.1. The van der Waals surface area contributed by atoms with Gasteiger partial charge in [0.1, 0.15) is 11.6 Å². The SMILES string of the molecule is COCc1nnc2sc(CNC3CC3)nn12. The lowest BCUT2D eigenvalue weighted by molar-refractivity contribution is 0.176. The quantitative estimate of drug-likeness (QED) is 0.827. The van der Waals surface area contributed by atoms with Gasteiger partial charge in [0, 0.05) is 19.7 Å². The van der Waals surface area contributed by atoms with E-state index < -0.39 is 0 Å². The van der Waals surface area contributed by atoms with Crippen LogP contribution in [0.3, 0.4) is 0 Å². The van der Waals surface area contributed by atoms with Crippen LogP contribution in [-0.2, 0) is 17.9 Å². The van der Waals surface area contributed by atoms with Crippen molar-refractivity contribution < 1.29 is 4.74 Å². The molecule has 0 bridgehead atoms. The van der Waals surface area contributed by atoms with Crippen molar-refractivity contribution in [3.8, 4) is 0 Å². The summed E-state index contributed by atoms with van der Waals surface area (Å²) in [7, 11) is 1.64. The third kappa shape index (κ3) is 1.93. The van der Waals surface area contributed by atoms with Gasteiger partial charge in [-0.15, -0.1) is 10.2 Å². The van der Waals surface area contributed by atoms with Crippen LogP contribution in [0.1, 0.15) is 23.7 Å². The number of nitrogens with zero attached hydrogens (tertiary/aromatic N) is 4. The zero-order valence-corrected chi connectivity index (χ0v) is 9.83. The van der Waals surface area contributed by atoms with E-state index in [1.54, 1.807) is 23.0 Å². The molecule has 3 rings (SSSR count). The smallest absolute Gasteiger partial charge is 0.234 e. The molecule has 0 unspecified atom stereocenters. The topological polar surface area (TPSA) is 64.3 Å². The highest BCUT2D eigenvalue weighted by Gasteiger charge is 2.21. The number of aromatic nitrogens is 4. The molecule has 2 aromatic rings. The maximum absolute atomic E-state index is 5.04. The maximum atomic E-state index is 5.04. The molecule has 0 radical (unpaired) electrons. The monoisotopic (exact) mass is 239 g/mol. The van der Waals surface area contributed by atoms with E-state index in [1.807, 2.05) is 0 Å². The number of rotatable bonds is 5. The largest absolute Gasteiger partial charge is 0.377 e. The average molecular weight is 239 g/mol. The van der Waals surface area contributed by atoms with Crippen molar-refractivity contribution in [3.63, 3.8) is 0 Å². The van der Waals surface area contributed by atoms with Crippen LogP contribution < -0.4 is 5.32 Å². The van der Waals surface area contributed by atoms with E-state index in [9.17, 15) is 0 Å². The highest BCUT2D eigenvalue weighted by molar-refractivity contribution is 7.16. The molecule has 0 aromatic carbocycles. The fourth-order valence-electron chi connectivity index (χ4n) is 1.51. The van der Waals surface area contributed by atoms with Crippen LogP contribution in [0, 0.1) is 0 Å². The first-order valence-corrected chi connectivity index (χ1v) is 6.11. The van der Waals surface area contributed by atoms with Crippen LogP contribution >= 0.6 is 11.3 Å². The molecule has 7 heteroatoms. The van der Waals surface area contributed by atoms with Gasteiger partial charge in [-0.1, -0.05) is 11.3 Å². The van der Waals surface area contributed by atoms with Crippen molar-refractivity contribution in [1.29, 1.82) is 0 Å². The molecule has 0 amide bonds. The lowest BCUT2D eigenvalue weighted by atomic mass is 10.6. The predicted octanol–water partition coefficient (Wildman–Crippen LogP) is 0.584. The van der Waals surface area contributed by atoms with E-state index in [4.69, 9.17) is 4.74 Å². The van der Waals surface area contributed by atoms with Gasteiger partial charge < -0.3 is 10.1 Å². The van der Waals surface area contributed by atoms with Crippen molar-refractivity contribution in [2.45, 2.75) is 32.0 Å². The molecule has 86 valence electrons. The van der Waals surface area contributed by atoms with Crippen LogP contribution in [0.4, 0.5) is 0 Å². The summed E-state index contributed by atoms with van der Waals surface area (Å²) in [6, 6.07) is 0.702. The molecule has 1 aliphatic carbocycles. The Bertz CT molecular complexity index is 489. The lowest BCUT2D eigenvalue weighted by Gasteiger charge is -1.96. The van der Waals surface area contributed by atoms with E-state index in [0.717, 1.165) is 22.3 Å².